The molecule has 0 saturated heterocycles. The van der Waals surface area contributed by atoms with Gasteiger partial charge in [-0.2, -0.15) is 0 Å². The van der Waals surface area contributed by atoms with E-state index in [1.807, 2.05) is 54.6 Å². The number of carbonyl (C=O) groups excluding carboxylic acids is 1. The zero-order chi connectivity index (χ0) is 15.2. The molecule has 2 aromatic carbocycles. The van der Waals surface area contributed by atoms with E-state index >= 15 is 0 Å². The number of likely N-dealkylation sites (N-methyl/N-ethyl adjacent to an activating group) is 1. The van der Waals surface area contributed by atoms with Crippen molar-refractivity contribution in [1.29, 1.82) is 0 Å². The number of carbonyl (C=O) groups is 1. The van der Waals surface area contributed by atoms with Gasteiger partial charge in [0, 0.05) is 17.1 Å². The van der Waals surface area contributed by atoms with Crippen molar-refractivity contribution in [3.8, 4) is 0 Å². The zero-order valence-electron chi connectivity index (χ0n) is 12.0. The number of ether oxygens (including phenoxy) is 1. The second-order valence-electron chi connectivity index (χ2n) is 4.70. The van der Waals surface area contributed by atoms with Gasteiger partial charge in [-0.3, -0.25) is 4.79 Å². The number of hydrogen-bond donors (Lipinski definition) is 1. The average molecular weight is 348 g/mol. The van der Waals surface area contributed by atoms with Crippen molar-refractivity contribution in [1.82, 2.24) is 5.32 Å². The highest BCUT2D eigenvalue weighted by Crippen LogP contribution is 2.23. The fraction of sp³-hybridized carbons (Fsp3) is 0.235. The topological polar surface area (TPSA) is 38.3 Å². The van der Waals surface area contributed by atoms with E-state index in [0.717, 1.165) is 10.0 Å². The Balaban J connectivity index is 2.29. The lowest BCUT2D eigenvalue weighted by Gasteiger charge is -2.25. The van der Waals surface area contributed by atoms with Crippen LogP contribution in [0.15, 0.2) is 59.1 Å². The van der Waals surface area contributed by atoms with Gasteiger partial charge in [-0.1, -0.05) is 58.4 Å². The summed E-state index contributed by atoms with van der Waals surface area (Å²) in [5.41, 5.74) is 1.64. The summed E-state index contributed by atoms with van der Waals surface area (Å²) in [6.45, 7) is 0. The van der Waals surface area contributed by atoms with Gasteiger partial charge in [-0.25, -0.2) is 0 Å². The van der Waals surface area contributed by atoms with Crippen LogP contribution in [0.2, 0.25) is 0 Å². The van der Waals surface area contributed by atoms with Crippen molar-refractivity contribution in [3.05, 3.63) is 70.2 Å². The van der Waals surface area contributed by atoms with E-state index < -0.39 is 6.04 Å². The minimum Gasteiger partial charge on any atom is -0.375 e. The third-order valence-electron chi connectivity index (χ3n) is 3.41. The minimum absolute atomic E-state index is 0.0145. The Kier molecular flexibility index (Phi) is 5.67. The highest BCUT2D eigenvalue weighted by molar-refractivity contribution is 9.10. The monoisotopic (exact) mass is 347 g/mol. The number of benzene rings is 2. The summed E-state index contributed by atoms with van der Waals surface area (Å²) in [5.74, 6) is 0.0145. The SMILES string of the molecule is CNC(C(=O)c1ccc(Br)cc1)C(OC)c1ccccc1. The molecule has 0 aliphatic heterocycles. The van der Waals surface area contributed by atoms with Crippen molar-refractivity contribution in [2.24, 2.45) is 0 Å². The largest absolute Gasteiger partial charge is 0.375 e. The minimum atomic E-state index is -0.432. The number of Topliss-reactive ketones (excluding diaryl/α,β-unsaturated/α-hetero) is 1. The van der Waals surface area contributed by atoms with E-state index in [9.17, 15) is 4.79 Å². The molecule has 0 radical (unpaired) electrons. The number of ketones is 1. The molecule has 1 N–H and O–H groups in total. The van der Waals surface area contributed by atoms with Gasteiger partial charge in [-0.15, -0.1) is 0 Å². The van der Waals surface area contributed by atoms with Gasteiger partial charge < -0.3 is 10.1 Å². The summed E-state index contributed by atoms with van der Waals surface area (Å²) in [6, 6.07) is 16.7. The van der Waals surface area contributed by atoms with Crippen LogP contribution in [-0.2, 0) is 4.74 Å². The number of methoxy groups -OCH3 is 1. The molecular weight excluding hydrogens is 330 g/mol. The first-order chi connectivity index (χ1) is 10.2. The lowest BCUT2D eigenvalue weighted by atomic mass is 9.95. The summed E-state index contributed by atoms with van der Waals surface area (Å²) in [5, 5.41) is 3.08. The van der Waals surface area contributed by atoms with E-state index in [1.54, 1.807) is 14.2 Å². The van der Waals surface area contributed by atoms with Crippen molar-refractivity contribution in [2.75, 3.05) is 14.2 Å². The van der Waals surface area contributed by atoms with Crippen LogP contribution in [0, 0.1) is 0 Å². The van der Waals surface area contributed by atoms with Gasteiger partial charge in [-0.05, 0) is 24.7 Å². The molecule has 0 heterocycles. The second kappa shape index (κ2) is 7.50. The number of halogens is 1. The van der Waals surface area contributed by atoms with Crippen molar-refractivity contribution in [2.45, 2.75) is 12.1 Å². The third-order valence-corrected chi connectivity index (χ3v) is 3.94. The van der Waals surface area contributed by atoms with Crippen molar-refractivity contribution < 1.29 is 9.53 Å². The number of nitrogens with one attached hydrogen (secondary N) is 1. The fourth-order valence-electron chi connectivity index (χ4n) is 2.32. The predicted octanol–water partition coefficient (Wildman–Crippen LogP) is 3.61. The molecule has 0 amide bonds. The Morgan fingerprint density at radius 1 is 1.10 bits per heavy atom. The highest BCUT2D eigenvalue weighted by Gasteiger charge is 2.28. The smallest absolute Gasteiger partial charge is 0.182 e. The van der Waals surface area contributed by atoms with Gasteiger partial charge >= 0.3 is 0 Å². The molecule has 2 atom stereocenters. The van der Waals surface area contributed by atoms with Crippen LogP contribution >= 0.6 is 15.9 Å². The van der Waals surface area contributed by atoms with Gasteiger partial charge in [0.25, 0.3) is 0 Å². The van der Waals surface area contributed by atoms with E-state index in [2.05, 4.69) is 21.2 Å². The van der Waals surface area contributed by atoms with Crippen molar-refractivity contribution in [3.63, 3.8) is 0 Å². The standard InChI is InChI=1S/C17H18BrNO2/c1-19-15(16(20)12-8-10-14(18)11-9-12)17(21-2)13-6-4-3-5-7-13/h3-11,15,17,19H,1-2H3. The van der Waals surface area contributed by atoms with Gasteiger partial charge in [0.2, 0.25) is 0 Å². The van der Waals surface area contributed by atoms with E-state index in [-0.39, 0.29) is 11.9 Å². The Hall–Kier alpha value is -1.49. The Morgan fingerprint density at radius 3 is 2.24 bits per heavy atom. The van der Waals surface area contributed by atoms with Gasteiger partial charge in [0.1, 0.15) is 12.1 Å². The normalized spacial score (nSPS) is 13.7. The van der Waals surface area contributed by atoms with E-state index in [0.29, 0.717) is 5.56 Å². The van der Waals surface area contributed by atoms with Crippen LogP contribution < -0.4 is 5.32 Å². The highest BCUT2D eigenvalue weighted by atomic mass is 79.9. The first-order valence-corrected chi connectivity index (χ1v) is 7.51. The molecule has 0 bridgehead atoms. The van der Waals surface area contributed by atoms with E-state index in [1.165, 1.54) is 0 Å². The summed E-state index contributed by atoms with van der Waals surface area (Å²) < 4.78 is 6.51. The summed E-state index contributed by atoms with van der Waals surface area (Å²) in [7, 11) is 3.40. The summed E-state index contributed by atoms with van der Waals surface area (Å²) >= 11 is 3.38. The quantitative estimate of drug-likeness (QED) is 0.811. The van der Waals surface area contributed by atoms with Crippen molar-refractivity contribution >= 4 is 21.7 Å². The van der Waals surface area contributed by atoms with Crippen LogP contribution in [0.3, 0.4) is 0 Å². The van der Waals surface area contributed by atoms with Crippen LogP contribution in [0.1, 0.15) is 22.0 Å². The zero-order valence-corrected chi connectivity index (χ0v) is 13.6. The summed E-state index contributed by atoms with van der Waals surface area (Å²) in [6.07, 6.45) is -0.327. The fourth-order valence-corrected chi connectivity index (χ4v) is 2.59. The molecule has 0 spiro atoms. The predicted molar refractivity (Wildman–Crippen MR) is 87.5 cm³/mol. The molecule has 0 saturated carbocycles. The van der Waals surface area contributed by atoms with Gasteiger partial charge in [0.15, 0.2) is 5.78 Å². The Bertz CT molecular complexity index is 583. The third kappa shape index (κ3) is 3.79. The molecule has 4 heteroatoms. The molecule has 0 aromatic heterocycles. The summed E-state index contributed by atoms with van der Waals surface area (Å²) in [4.78, 5) is 12.7. The number of rotatable bonds is 6. The first-order valence-electron chi connectivity index (χ1n) is 6.72. The number of hydrogen-bond acceptors (Lipinski definition) is 3. The van der Waals surface area contributed by atoms with Crippen LogP contribution in [0.5, 0.6) is 0 Å². The Labute approximate surface area is 133 Å². The molecule has 3 nitrogen and oxygen atoms in total. The van der Waals surface area contributed by atoms with E-state index in [4.69, 9.17) is 4.74 Å². The molecule has 2 aromatic rings. The average Bonchev–Trinajstić information content (AvgIpc) is 2.53. The van der Waals surface area contributed by atoms with Gasteiger partial charge in [0.05, 0.1) is 0 Å². The maximum atomic E-state index is 12.7. The molecule has 0 aliphatic rings. The molecule has 0 fully saturated rings. The Morgan fingerprint density at radius 2 is 1.71 bits per heavy atom. The molecule has 2 rings (SSSR count). The molecule has 0 aliphatic carbocycles. The lowest BCUT2D eigenvalue weighted by Crippen LogP contribution is -2.40. The molecule has 110 valence electrons. The van der Waals surface area contributed by atoms with Crippen LogP contribution in [0.25, 0.3) is 0 Å². The second-order valence-corrected chi connectivity index (χ2v) is 5.62. The lowest BCUT2D eigenvalue weighted by molar-refractivity contribution is 0.0565. The maximum Gasteiger partial charge on any atom is 0.182 e. The van der Waals surface area contributed by atoms with Crippen LogP contribution in [-0.4, -0.2) is 26.0 Å². The van der Waals surface area contributed by atoms with Crippen LogP contribution in [0.4, 0.5) is 0 Å². The maximum absolute atomic E-state index is 12.7. The molecular formula is C17H18BrNO2. The molecule has 2 unspecified atom stereocenters. The first kappa shape index (κ1) is 15.9. The molecule has 21 heavy (non-hydrogen) atoms.